The maximum absolute atomic E-state index is 11.1. The van der Waals surface area contributed by atoms with Crippen LogP contribution in [0, 0.1) is 6.92 Å². The van der Waals surface area contributed by atoms with E-state index in [0.29, 0.717) is 6.54 Å². The number of methoxy groups -OCH3 is 1. The van der Waals surface area contributed by atoms with E-state index in [4.69, 9.17) is 9.84 Å². The molecule has 4 aromatic rings. The molecule has 0 saturated heterocycles. The van der Waals surface area contributed by atoms with Gasteiger partial charge in [0.2, 0.25) is 0 Å². The molecule has 34 heavy (non-hydrogen) atoms. The van der Waals surface area contributed by atoms with Crippen molar-refractivity contribution in [2.24, 2.45) is 0 Å². The summed E-state index contributed by atoms with van der Waals surface area (Å²) in [6.45, 7) is 4.87. The molecule has 0 radical (unpaired) electrons. The van der Waals surface area contributed by atoms with Gasteiger partial charge in [0, 0.05) is 18.2 Å². The third-order valence-electron chi connectivity index (χ3n) is 6.19. The summed E-state index contributed by atoms with van der Waals surface area (Å²) in [4.78, 5) is 19.9. The van der Waals surface area contributed by atoms with Crippen molar-refractivity contribution in [2.45, 2.75) is 33.1 Å². The van der Waals surface area contributed by atoms with Crippen molar-refractivity contribution < 1.29 is 14.6 Å². The number of aromatic nitrogens is 2. The van der Waals surface area contributed by atoms with E-state index in [9.17, 15) is 4.79 Å². The SMILES string of the molecule is CCc1cc(-c2cc(NCCc3c(OC)cc4ccccc4c3C)ncn2)ccc1CC(=O)O. The van der Waals surface area contributed by atoms with Crippen LogP contribution in [0.4, 0.5) is 5.82 Å². The maximum atomic E-state index is 11.1. The van der Waals surface area contributed by atoms with Gasteiger partial charge >= 0.3 is 5.97 Å². The number of ether oxygens (including phenoxy) is 1. The minimum absolute atomic E-state index is 0.0255. The van der Waals surface area contributed by atoms with E-state index in [1.165, 1.54) is 21.9 Å². The van der Waals surface area contributed by atoms with Crippen LogP contribution < -0.4 is 10.1 Å². The number of carboxylic acids is 1. The zero-order chi connectivity index (χ0) is 24.1. The van der Waals surface area contributed by atoms with Gasteiger partial charge in [-0.3, -0.25) is 4.79 Å². The van der Waals surface area contributed by atoms with Crippen molar-refractivity contribution in [2.75, 3.05) is 19.0 Å². The van der Waals surface area contributed by atoms with Crippen LogP contribution >= 0.6 is 0 Å². The minimum atomic E-state index is -0.825. The molecule has 0 saturated carbocycles. The molecule has 6 heteroatoms. The van der Waals surface area contributed by atoms with E-state index in [0.717, 1.165) is 46.8 Å². The Bertz CT molecular complexity index is 1330. The lowest BCUT2D eigenvalue weighted by molar-refractivity contribution is -0.136. The fourth-order valence-electron chi connectivity index (χ4n) is 4.41. The summed E-state index contributed by atoms with van der Waals surface area (Å²) in [7, 11) is 1.71. The Morgan fingerprint density at radius 3 is 2.65 bits per heavy atom. The van der Waals surface area contributed by atoms with Crippen LogP contribution in [0.15, 0.2) is 60.9 Å². The summed E-state index contributed by atoms with van der Waals surface area (Å²) in [6.07, 6.45) is 3.14. The zero-order valence-electron chi connectivity index (χ0n) is 19.8. The monoisotopic (exact) mass is 455 g/mol. The number of benzene rings is 3. The molecular formula is C28H29N3O3. The van der Waals surface area contributed by atoms with Gasteiger partial charge in [-0.15, -0.1) is 0 Å². The molecule has 0 spiro atoms. The molecule has 4 rings (SSSR count). The first-order chi connectivity index (χ1) is 16.5. The fourth-order valence-corrected chi connectivity index (χ4v) is 4.41. The van der Waals surface area contributed by atoms with Crippen LogP contribution in [0.5, 0.6) is 5.75 Å². The van der Waals surface area contributed by atoms with E-state index in [1.807, 2.05) is 37.3 Å². The minimum Gasteiger partial charge on any atom is -0.496 e. The lowest BCUT2D eigenvalue weighted by Gasteiger charge is -2.15. The number of anilines is 1. The van der Waals surface area contributed by atoms with Gasteiger partial charge in [0.05, 0.1) is 19.2 Å². The average molecular weight is 456 g/mol. The van der Waals surface area contributed by atoms with E-state index >= 15 is 0 Å². The highest BCUT2D eigenvalue weighted by molar-refractivity contribution is 5.88. The van der Waals surface area contributed by atoms with Crippen LogP contribution in [0.1, 0.15) is 29.2 Å². The highest BCUT2D eigenvalue weighted by atomic mass is 16.5. The van der Waals surface area contributed by atoms with Gasteiger partial charge in [0.1, 0.15) is 17.9 Å². The number of carbonyl (C=O) groups is 1. The second-order valence-electron chi connectivity index (χ2n) is 8.28. The molecule has 0 unspecified atom stereocenters. The Morgan fingerprint density at radius 1 is 1.06 bits per heavy atom. The molecule has 0 aliphatic carbocycles. The van der Waals surface area contributed by atoms with Gasteiger partial charge in [0.25, 0.3) is 0 Å². The Kier molecular flexibility index (Phi) is 7.07. The largest absolute Gasteiger partial charge is 0.496 e. The summed E-state index contributed by atoms with van der Waals surface area (Å²) >= 11 is 0. The molecule has 0 bridgehead atoms. The van der Waals surface area contributed by atoms with Crippen LogP contribution in [0.25, 0.3) is 22.0 Å². The number of carboxylic acid groups (broad SMARTS) is 1. The molecule has 0 aliphatic rings. The number of aryl methyl sites for hydroxylation is 2. The van der Waals surface area contributed by atoms with Gasteiger partial charge in [-0.05, 0) is 64.9 Å². The number of hydrogen-bond donors (Lipinski definition) is 2. The zero-order valence-corrected chi connectivity index (χ0v) is 19.8. The highest BCUT2D eigenvalue weighted by Gasteiger charge is 2.12. The second-order valence-corrected chi connectivity index (χ2v) is 8.28. The van der Waals surface area contributed by atoms with Gasteiger partial charge in [-0.25, -0.2) is 9.97 Å². The second kappa shape index (κ2) is 10.3. The van der Waals surface area contributed by atoms with Crippen LogP contribution in [-0.2, 0) is 24.1 Å². The third-order valence-corrected chi connectivity index (χ3v) is 6.19. The number of rotatable bonds is 9. The molecule has 0 fully saturated rings. The quantitative estimate of drug-likeness (QED) is 0.349. The standard InChI is InChI=1S/C28H29N3O3/c1-4-19-13-22(10-9-20(19)15-28(32)33)25-16-27(31-17-30-25)29-12-11-24-18(2)23-8-6-5-7-21(23)14-26(24)34-3/h5-10,13-14,16-17H,4,11-12,15H2,1-3H3,(H,32,33)(H,29,30,31). The topological polar surface area (TPSA) is 84.3 Å². The lowest BCUT2D eigenvalue weighted by atomic mass is 9.97. The van der Waals surface area contributed by atoms with Crippen molar-refractivity contribution in [3.8, 4) is 17.0 Å². The van der Waals surface area contributed by atoms with E-state index in [1.54, 1.807) is 13.4 Å². The molecule has 1 heterocycles. The van der Waals surface area contributed by atoms with Gasteiger partial charge in [-0.1, -0.05) is 43.3 Å². The first-order valence-electron chi connectivity index (χ1n) is 11.4. The van der Waals surface area contributed by atoms with Crippen LogP contribution in [0.2, 0.25) is 0 Å². The molecule has 0 atom stereocenters. The van der Waals surface area contributed by atoms with Crippen LogP contribution in [-0.4, -0.2) is 34.7 Å². The van der Waals surface area contributed by atoms with Crippen molar-refractivity contribution >= 4 is 22.6 Å². The summed E-state index contributed by atoms with van der Waals surface area (Å²) in [5.74, 6) is 0.819. The highest BCUT2D eigenvalue weighted by Crippen LogP contribution is 2.31. The summed E-state index contributed by atoms with van der Waals surface area (Å²) in [5, 5.41) is 15.0. The fraction of sp³-hybridized carbons (Fsp3) is 0.250. The molecule has 174 valence electrons. The molecular weight excluding hydrogens is 426 g/mol. The number of nitrogens with zero attached hydrogens (tertiary/aromatic N) is 2. The Hall–Kier alpha value is -3.93. The summed E-state index contributed by atoms with van der Waals surface area (Å²) < 4.78 is 5.68. The van der Waals surface area contributed by atoms with Gasteiger partial charge in [0.15, 0.2) is 0 Å². The number of fused-ring (bicyclic) bond motifs is 1. The van der Waals surface area contributed by atoms with E-state index in [-0.39, 0.29) is 6.42 Å². The van der Waals surface area contributed by atoms with E-state index < -0.39 is 5.97 Å². The van der Waals surface area contributed by atoms with Crippen molar-refractivity contribution in [3.63, 3.8) is 0 Å². The predicted octanol–water partition coefficient (Wildman–Crippen LogP) is 5.46. The Morgan fingerprint density at radius 2 is 1.88 bits per heavy atom. The number of hydrogen-bond acceptors (Lipinski definition) is 5. The molecule has 3 aromatic carbocycles. The lowest BCUT2D eigenvalue weighted by Crippen LogP contribution is -2.09. The summed E-state index contributed by atoms with van der Waals surface area (Å²) in [6, 6.07) is 18.2. The van der Waals surface area contributed by atoms with Crippen LogP contribution in [0.3, 0.4) is 0 Å². The van der Waals surface area contributed by atoms with Crippen molar-refractivity contribution in [1.29, 1.82) is 0 Å². The van der Waals surface area contributed by atoms with E-state index in [2.05, 4.69) is 46.5 Å². The number of aliphatic carboxylic acids is 1. The average Bonchev–Trinajstić information content (AvgIpc) is 2.85. The van der Waals surface area contributed by atoms with Gasteiger partial charge in [-0.2, -0.15) is 0 Å². The third kappa shape index (κ3) is 5.01. The van der Waals surface area contributed by atoms with Crippen molar-refractivity contribution in [3.05, 3.63) is 83.2 Å². The maximum Gasteiger partial charge on any atom is 0.307 e. The molecule has 6 nitrogen and oxygen atoms in total. The van der Waals surface area contributed by atoms with Crippen molar-refractivity contribution in [1.82, 2.24) is 9.97 Å². The predicted molar refractivity (Wildman–Crippen MR) is 136 cm³/mol. The smallest absolute Gasteiger partial charge is 0.307 e. The number of nitrogens with one attached hydrogen (secondary N) is 1. The summed E-state index contributed by atoms with van der Waals surface area (Å²) in [5.41, 5.74) is 6.02. The molecule has 2 N–H and O–H groups in total. The Labute approximate surface area is 199 Å². The first kappa shape index (κ1) is 23.2. The van der Waals surface area contributed by atoms with Gasteiger partial charge < -0.3 is 15.2 Å². The Balaban J connectivity index is 1.51. The molecule has 0 amide bonds. The first-order valence-corrected chi connectivity index (χ1v) is 11.4. The normalized spacial score (nSPS) is 10.9. The molecule has 0 aliphatic heterocycles. The molecule has 1 aromatic heterocycles.